The Kier molecular flexibility index (Phi) is 2.41. The smallest absolute Gasteiger partial charge is 0.321 e. The monoisotopic (exact) mass is 197 g/mol. The zero-order valence-corrected chi connectivity index (χ0v) is 8.29. The topological polar surface area (TPSA) is 71.2 Å². The number of anilines is 1. The van der Waals surface area contributed by atoms with Crippen LogP contribution in [0.25, 0.3) is 0 Å². The molecule has 1 aliphatic carbocycles. The zero-order valence-electron chi connectivity index (χ0n) is 8.29. The summed E-state index contributed by atoms with van der Waals surface area (Å²) in [5.74, 6) is 0.638. The molecule has 0 radical (unpaired) electrons. The van der Waals surface area contributed by atoms with Crippen molar-refractivity contribution in [3.05, 3.63) is 5.82 Å². The summed E-state index contributed by atoms with van der Waals surface area (Å²) in [6.45, 7) is 2.86. The van der Waals surface area contributed by atoms with E-state index < -0.39 is 0 Å². The molecule has 1 fully saturated rings. The molecule has 1 heterocycles. The first-order valence-electron chi connectivity index (χ1n) is 4.89. The SMILES string of the molecule is Cc1noc(NCC2(CCO)CC2)n1. The van der Waals surface area contributed by atoms with Gasteiger partial charge in [0.25, 0.3) is 0 Å². The van der Waals surface area contributed by atoms with E-state index in [4.69, 9.17) is 9.63 Å². The van der Waals surface area contributed by atoms with Crippen LogP contribution >= 0.6 is 0 Å². The maximum atomic E-state index is 8.86. The molecule has 0 spiro atoms. The van der Waals surface area contributed by atoms with Crippen molar-refractivity contribution in [3.8, 4) is 0 Å². The molecule has 0 aliphatic heterocycles. The summed E-state index contributed by atoms with van der Waals surface area (Å²) < 4.78 is 4.93. The van der Waals surface area contributed by atoms with Gasteiger partial charge in [-0.25, -0.2) is 0 Å². The van der Waals surface area contributed by atoms with Crippen LogP contribution < -0.4 is 5.32 Å². The van der Waals surface area contributed by atoms with Gasteiger partial charge in [0.05, 0.1) is 0 Å². The van der Waals surface area contributed by atoms with E-state index in [1.54, 1.807) is 6.92 Å². The molecular formula is C9H15N3O2. The Bertz CT molecular complexity index is 307. The van der Waals surface area contributed by atoms with Crippen LogP contribution in [0.4, 0.5) is 6.01 Å². The highest BCUT2D eigenvalue weighted by Crippen LogP contribution is 2.48. The minimum atomic E-state index is 0.255. The maximum Gasteiger partial charge on any atom is 0.321 e. The molecule has 1 saturated carbocycles. The molecule has 0 unspecified atom stereocenters. The second-order valence-electron chi connectivity index (χ2n) is 3.97. The number of nitrogens with one attached hydrogen (secondary N) is 1. The van der Waals surface area contributed by atoms with Gasteiger partial charge in [-0.2, -0.15) is 4.98 Å². The van der Waals surface area contributed by atoms with Gasteiger partial charge < -0.3 is 14.9 Å². The standard InChI is InChI=1S/C9H15N3O2/c1-7-11-8(14-12-7)10-6-9(2-3-9)4-5-13/h13H,2-6H2,1H3,(H,10,11,12). The van der Waals surface area contributed by atoms with Crippen molar-refractivity contribution >= 4 is 6.01 Å². The third-order valence-corrected chi connectivity index (χ3v) is 2.74. The molecule has 1 aliphatic rings. The van der Waals surface area contributed by atoms with Crippen LogP contribution in [0.5, 0.6) is 0 Å². The minimum Gasteiger partial charge on any atom is -0.396 e. The van der Waals surface area contributed by atoms with Crippen molar-refractivity contribution in [1.29, 1.82) is 0 Å². The van der Waals surface area contributed by atoms with Gasteiger partial charge in [-0.15, -0.1) is 0 Å². The average molecular weight is 197 g/mol. The Morgan fingerprint density at radius 2 is 2.36 bits per heavy atom. The van der Waals surface area contributed by atoms with Crippen LogP contribution in [0.3, 0.4) is 0 Å². The van der Waals surface area contributed by atoms with E-state index in [1.807, 2.05) is 0 Å². The molecule has 14 heavy (non-hydrogen) atoms. The molecule has 2 N–H and O–H groups in total. The van der Waals surface area contributed by atoms with E-state index in [0.717, 1.165) is 13.0 Å². The Hall–Kier alpha value is -1.10. The lowest BCUT2D eigenvalue weighted by Crippen LogP contribution is -2.16. The van der Waals surface area contributed by atoms with Crippen molar-refractivity contribution in [2.75, 3.05) is 18.5 Å². The fourth-order valence-corrected chi connectivity index (χ4v) is 1.56. The number of aromatic nitrogens is 2. The second-order valence-corrected chi connectivity index (χ2v) is 3.97. The Labute approximate surface area is 82.5 Å². The summed E-state index contributed by atoms with van der Waals surface area (Å²) in [5, 5.41) is 15.7. The minimum absolute atomic E-state index is 0.255. The fraction of sp³-hybridized carbons (Fsp3) is 0.778. The van der Waals surface area contributed by atoms with E-state index in [2.05, 4.69) is 15.5 Å². The molecule has 5 nitrogen and oxygen atoms in total. The van der Waals surface area contributed by atoms with E-state index in [-0.39, 0.29) is 12.0 Å². The van der Waals surface area contributed by atoms with Crippen molar-refractivity contribution in [2.45, 2.75) is 26.2 Å². The lowest BCUT2D eigenvalue weighted by molar-refractivity contribution is 0.252. The number of hydrogen-bond acceptors (Lipinski definition) is 5. The lowest BCUT2D eigenvalue weighted by Gasteiger charge is -2.12. The summed E-state index contributed by atoms with van der Waals surface area (Å²) in [6.07, 6.45) is 3.20. The summed E-state index contributed by atoms with van der Waals surface area (Å²) in [4.78, 5) is 4.05. The van der Waals surface area contributed by atoms with Crippen LogP contribution in [0.1, 0.15) is 25.1 Å². The number of rotatable bonds is 5. The zero-order chi connectivity index (χ0) is 10.0. The molecule has 1 aromatic heterocycles. The van der Waals surface area contributed by atoms with Crippen molar-refractivity contribution in [1.82, 2.24) is 10.1 Å². The summed E-state index contributed by atoms with van der Waals surface area (Å²) in [7, 11) is 0. The van der Waals surface area contributed by atoms with Crippen LogP contribution in [-0.4, -0.2) is 28.4 Å². The third kappa shape index (κ3) is 2.04. The number of aliphatic hydroxyl groups is 1. The number of hydrogen-bond donors (Lipinski definition) is 2. The average Bonchev–Trinajstić information content (AvgIpc) is 2.80. The van der Waals surface area contributed by atoms with Crippen LogP contribution in [-0.2, 0) is 0 Å². The van der Waals surface area contributed by atoms with Gasteiger partial charge in [-0.05, 0) is 31.6 Å². The van der Waals surface area contributed by atoms with E-state index in [9.17, 15) is 0 Å². The van der Waals surface area contributed by atoms with Crippen LogP contribution in [0.15, 0.2) is 4.52 Å². The molecule has 0 aromatic carbocycles. The first kappa shape index (κ1) is 9.45. The molecule has 2 rings (SSSR count). The van der Waals surface area contributed by atoms with E-state index >= 15 is 0 Å². The first-order valence-corrected chi connectivity index (χ1v) is 4.89. The van der Waals surface area contributed by atoms with E-state index in [0.29, 0.717) is 11.8 Å². The highest BCUT2D eigenvalue weighted by atomic mass is 16.5. The maximum absolute atomic E-state index is 8.86. The van der Waals surface area contributed by atoms with Gasteiger partial charge in [-0.3, -0.25) is 0 Å². The van der Waals surface area contributed by atoms with Gasteiger partial charge in [0.1, 0.15) is 0 Å². The number of aryl methyl sites for hydroxylation is 1. The van der Waals surface area contributed by atoms with E-state index in [1.165, 1.54) is 12.8 Å². The van der Waals surface area contributed by atoms with Crippen LogP contribution in [0.2, 0.25) is 0 Å². The predicted octanol–water partition coefficient (Wildman–Crippen LogP) is 0.953. The van der Waals surface area contributed by atoms with Gasteiger partial charge in [-0.1, -0.05) is 5.16 Å². The van der Waals surface area contributed by atoms with Crippen molar-refractivity contribution in [3.63, 3.8) is 0 Å². The van der Waals surface area contributed by atoms with Gasteiger partial charge in [0.2, 0.25) is 0 Å². The van der Waals surface area contributed by atoms with Crippen LogP contribution in [0, 0.1) is 12.3 Å². The highest BCUT2D eigenvalue weighted by Gasteiger charge is 2.41. The van der Waals surface area contributed by atoms with Crippen molar-refractivity contribution in [2.24, 2.45) is 5.41 Å². The largest absolute Gasteiger partial charge is 0.396 e. The third-order valence-electron chi connectivity index (χ3n) is 2.74. The van der Waals surface area contributed by atoms with Crippen molar-refractivity contribution < 1.29 is 9.63 Å². The summed E-state index contributed by atoms with van der Waals surface area (Å²) in [5.41, 5.74) is 0.275. The molecule has 0 bridgehead atoms. The Balaban J connectivity index is 1.82. The molecule has 0 atom stereocenters. The molecule has 0 saturated heterocycles. The summed E-state index contributed by atoms with van der Waals surface area (Å²) >= 11 is 0. The molecular weight excluding hydrogens is 182 g/mol. The lowest BCUT2D eigenvalue weighted by atomic mass is 10.0. The quantitative estimate of drug-likeness (QED) is 0.735. The molecule has 0 amide bonds. The Morgan fingerprint density at radius 3 is 2.86 bits per heavy atom. The Morgan fingerprint density at radius 1 is 1.57 bits per heavy atom. The molecule has 5 heteroatoms. The number of aliphatic hydroxyl groups excluding tert-OH is 1. The number of nitrogens with zero attached hydrogens (tertiary/aromatic N) is 2. The summed E-state index contributed by atoms with van der Waals surface area (Å²) in [6, 6.07) is 0.478. The van der Waals surface area contributed by atoms with Gasteiger partial charge >= 0.3 is 6.01 Å². The second kappa shape index (κ2) is 3.57. The molecule has 78 valence electrons. The first-order chi connectivity index (χ1) is 6.74. The van der Waals surface area contributed by atoms with Gasteiger partial charge in [0, 0.05) is 13.2 Å². The highest BCUT2D eigenvalue weighted by molar-refractivity contribution is 5.20. The normalized spacial score (nSPS) is 18.1. The fourth-order valence-electron chi connectivity index (χ4n) is 1.56. The van der Waals surface area contributed by atoms with Gasteiger partial charge in [0.15, 0.2) is 5.82 Å². The molecule has 1 aromatic rings. The predicted molar refractivity (Wildman–Crippen MR) is 50.9 cm³/mol.